The zero-order valence-electron chi connectivity index (χ0n) is 15.7. The molecule has 2 aromatic carbocycles. The predicted molar refractivity (Wildman–Crippen MR) is 111 cm³/mol. The lowest BCUT2D eigenvalue weighted by Gasteiger charge is -2.18. The summed E-state index contributed by atoms with van der Waals surface area (Å²) in [6.07, 6.45) is 1.27. The summed E-state index contributed by atoms with van der Waals surface area (Å²) in [5, 5.41) is 2.90. The third-order valence-corrected chi connectivity index (χ3v) is 4.73. The SMILES string of the molecule is Cc1cc(C)cc(N2CCC(C(=O)NCCc3ccc(N)cc3)C2=O)c1.Cl. The number of carbonyl (C=O) groups is 2. The van der Waals surface area contributed by atoms with Crippen molar-refractivity contribution in [1.82, 2.24) is 5.32 Å². The summed E-state index contributed by atoms with van der Waals surface area (Å²) in [6.45, 7) is 5.12. The standard InChI is InChI=1S/C21H25N3O2.ClH/c1-14-11-15(2)13-18(12-14)24-10-8-19(21(24)26)20(25)23-9-7-16-3-5-17(22)6-4-16;/h3-6,11-13,19H,7-10,22H2,1-2H3,(H,23,25);1H. The van der Waals surface area contributed by atoms with Crippen LogP contribution >= 0.6 is 12.4 Å². The van der Waals surface area contributed by atoms with Crippen LogP contribution in [0.25, 0.3) is 0 Å². The number of nitrogen functional groups attached to an aromatic ring is 1. The monoisotopic (exact) mass is 387 g/mol. The van der Waals surface area contributed by atoms with E-state index in [-0.39, 0.29) is 24.2 Å². The molecule has 2 amide bonds. The van der Waals surface area contributed by atoms with Gasteiger partial charge in [0.05, 0.1) is 0 Å². The number of hydrogen-bond acceptors (Lipinski definition) is 3. The van der Waals surface area contributed by atoms with E-state index in [4.69, 9.17) is 5.73 Å². The number of nitrogens with zero attached hydrogens (tertiary/aromatic N) is 1. The van der Waals surface area contributed by atoms with Gasteiger partial charge in [0.2, 0.25) is 11.8 Å². The predicted octanol–water partition coefficient (Wildman–Crippen LogP) is 3.02. The number of benzene rings is 2. The Balaban J connectivity index is 0.00000261. The highest BCUT2D eigenvalue weighted by Crippen LogP contribution is 2.27. The van der Waals surface area contributed by atoms with Gasteiger partial charge in [0.25, 0.3) is 0 Å². The van der Waals surface area contributed by atoms with Crippen molar-refractivity contribution in [2.45, 2.75) is 26.7 Å². The van der Waals surface area contributed by atoms with Crippen LogP contribution in [0, 0.1) is 19.8 Å². The zero-order valence-corrected chi connectivity index (χ0v) is 16.5. The highest BCUT2D eigenvalue weighted by atomic mass is 35.5. The van der Waals surface area contributed by atoms with E-state index in [0.717, 1.165) is 28.1 Å². The second-order valence-corrected chi connectivity index (χ2v) is 6.96. The Morgan fingerprint density at radius 2 is 1.78 bits per heavy atom. The fourth-order valence-electron chi connectivity index (χ4n) is 3.42. The normalized spacial score (nSPS) is 16.1. The van der Waals surface area contributed by atoms with Crippen molar-refractivity contribution < 1.29 is 9.59 Å². The summed E-state index contributed by atoms with van der Waals surface area (Å²) in [7, 11) is 0. The van der Waals surface area contributed by atoms with Gasteiger partial charge >= 0.3 is 0 Å². The molecule has 0 bridgehead atoms. The molecule has 1 heterocycles. The molecule has 1 atom stereocenters. The minimum Gasteiger partial charge on any atom is -0.399 e. The number of aryl methyl sites for hydroxylation is 2. The van der Waals surface area contributed by atoms with Gasteiger partial charge in [-0.3, -0.25) is 9.59 Å². The Hall–Kier alpha value is -2.53. The van der Waals surface area contributed by atoms with Gasteiger partial charge in [-0.15, -0.1) is 12.4 Å². The van der Waals surface area contributed by atoms with Gasteiger partial charge in [0.15, 0.2) is 0 Å². The van der Waals surface area contributed by atoms with Gasteiger partial charge in [-0.05, 0) is 67.6 Å². The molecule has 1 fully saturated rings. The van der Waals surface area contributed by atoms with E-state index < -0.39 is 5.92 Å². The van der Waals surface area contributed by atoms with Crippen LogP contribution in [0.2, 0.25) is 0 Å². The highest BCUT2D eigenvalue weighted by Gasteiger charge is 2.37. The van der Waals surface area contributed by atoms with Gasteiger partial charge in [0, 0.05) is 24.5 Å². The molecule has 5 nitrogen and oxygen atoms in total. The maximum atomic E-state index is 12.7. The van der Waals surface area contributed by atoms with Crippen LogP contribution in [0.5, 0.6) is 0 Å². The smallest absolute Gasteiger partial charge is 0.239 e. The van der Waals surface area contributed by atoms with Gasteiger partial charge < -0.3 is 16.0 Å². The zero-order chi connectivity index (χ0) is 18.7. The molecule has 6 heteroatoms. The first-order chi connectivity index (χ1) is 12.4. The van der Waals surface area contributed by atoms with Crippen molar-refractivity contribution in [3.63, 3.8) is 0 Å². The van der Waals surface area contributed by atoms with Crippen molar-refractivity contribution >= 4 is 35.6 Å². The van der Waals surface area contributed by atoms with Gasteiger partial charge in [-0.1, -0.05) is 18.2 Å². The van der Waals surface area contributed by atoms with E-state index in [1.165, 1.54) is 0 Å². The molecule has 1 saturated heterocycles. The molecule has 0 saturated carbocycles. The van der Waals surface area contributed by atoms with E-state index in [1.807, 2.05) is 50.2 Å². The molecule has 1 aliphatic rings. The molecule has 27 heavy (non-hydrogen) atoms. The van der Waals surface area contributed by atoms with Crippen molar-refractivity contribution in [3.05, 3.63) is 59.2 Å². The molecule has 0 aromatic heterocycles. The molecule has 144 valence electrons. The number of amides is 2. The molecular weight excluding hydrogens is 362 g/mol. The molecule has 2 aromatic rings. The molecule has 1 aliphatic heterocycles. The number of carbonyl (C=O) groups excluding carboxylic acids is 2. The number of anilines is 2. The second-order valence-electron chi connectivity index (χ2n) is 6.96. The fraction of sp³-hybridized carbons (Fsp3) is 0.333. The van der Waals surface area contributed by atoms with Crippen LogP contribution < -0.4 is 16.0 Å². The van der Waals surface area contributed by atoms with E-state index in [0.29, 0.717) is 25.9 Å². The number of hydrogen-bond donors (Lipinski definition) is 2. The van der Waals surface area contributed by atoms with Crippen LogP contribution in [0.15, 0.2) is 42.5 Å². The number of halogens is 1. The van der Waals surface area contributed by atoms with Crippen LogP contribution in [0.1, 0.15) is 23.1 Å². The summed E-state index contributed by atoms with van der Waals surface area (Å²) in [6, 6.07) is 13.6. The molecule has 0 spiro atoms. The van der Waals surface area contributed by atoms with Crippen molar-refractivity contribution in [3.8, 4) is 0 Å². The van der Waals surface area contributed by atoms with Gasteiger partial charge in [-0.25, -0.2) is 0 Å². The van der Waals surface area contributed by atoms with E-state index in [1.54, 1.807) is 4.90 Å². The lowest BCUT2D eigenvalue weighted by Crippen LogP contribution is -2.37. The Bertz CT molecular complexity index is 800. The van der Waals surface area contributed by atoms with Crippen molar-refractivity contribution in [1.29, 1.82) is 0 Å². The average Bonchev–Trinajstić information content (AvgIpc) is 2.97. The molecule has 0 radical (unpaired) electrons. The Kier molecular flexibility index (Phi) is 6.86. The fourth-order valence-corrected chi connectivity index (χ4v) is 3.42. The summed E-state index contributed by atoms with van der Waals surface area (Å²) in [5.41, 5.74) is 10.6. The maximum Gasteiger partial charge on any atom is 0.239 e. The molecule has 1 unspecified atom stereocenters. The van der Waals surface area contributed by atoms with E-state index in [9.17, 15) is 9.59 Å². The number of nitrogens with two attached hydrogens (primary N) is 1. The quantitative estimate of drug-likeness (QED) is 0.611. The van der Waals surface area contributed by atoms with Crippen LogP contribution in [-0.4, -0.2) is 24.9 Å². The Morgan fingerprint density at radius 1 is 1.15 bits per heavy atom. The minimum atomic E-state index is -0.595. The van der Waals surface area contributed by atoms with Crippen molar-refractivity contribution in [2.75, 3.05) is 23.7 Å². The molecule has 3 N–H and O–H groups in total. The van der Waals surface area contributed by atoms with Gasteiger partial charge in [-0.2, -0.15) is 0 Å². The minimum absolute atomic E-state index is 0. The lowest BCUT2D eigenvalue weighted by atomic mass is 10.1. The van der Waals surface area contributed by atoms with Crippen LogP contribution in [0.4, 0.5) is 11.4 Å². The van der Waals surface area contributed by atoms with Crippen molar-refractivity contribution in [2.24, 2.45) is 5.92 Å². The first-order valence-electron chi connectivity index (χ1n) is 8.96. The van der Waals surface area contributed by atoms with Crippen LogP contribution in [0.3, 0.4) is 0 Å². The number of nitrogens with one attached hydrogen (secondary N) is 1. The average molecular weight is 388 g/mol. The van der Waals surface area contributed by atoms with Crippen LogP contribution in [-0.2, 0) is 16.0 Å². The maximum absolute atomic E-state index is 12.7. The first-order valence-corrected chi connectivity index (χ1v) is 8.96. The highest BCUT2D eigenvalue weighted by molar-refractivity contribution is 6.09. The summed E-state index contributed by atoms with van der Waals surface area (Å²) >= 11 is 0. The summed E-state index contributed by atoms with van der Waals surface area (Å²) < 4.78 is 0. The van der Waals surface area contributed by atoms with E-state index in [2.05, 4.69) is 11.4 Å². The topological polar surface area (TPSA) is 75.4 Å². The number of rotatable bonds is 5. The summed E-state index contributed by atoms with van der Waals surface area (Å²) in [4.78, 5) is 26.9. The first kappa shape index (κ1) is 20.8. The van der Waals surface area contributed by atoms with Gasteiger partial charge in [0.1, 0.15) is 5.92 Å². The molecule has 3 rings (SSSR count). The Morgan fingerprint density at radius 3 is 2.41 bits per heavy atom. The van der Waals surface area contributed by atoms with E-state index >= 15 is 0 Å². The third-order valence-electron chi connectivity index (χ3n) is 4.73. The second kappa shape index (κ2) is 8.91. The Labute approximate surface area is 166 Å². The third kappa shape index (κ3) is 5.01. The largest absolute Gasteiger partial charge is 0.399 e. The lowest BCUT2D eigenvalue weighted by molar-refractivity contribution is -0.132. The molecular formula is C21H26ClN3O2. The molecule has 0 aliphatic carbocycles. The summed E-state index contributed by atoms with van der Waals surface area (Å²) in [5.74, 6) is -0.889.